The second-order valence-electron chi connectivity index (χ2n) is 4.43. The van der Waals surface area contributed by atoms with Gasteiger partial charge in [-0.15, -0.1) is 0 Å². The molecule has 0 unspecified atom stereocenters. The lowest BCUT2D eigenvalue weighted by Crippen LogP contribution is -2.38. The van der Waals surface area contributed by atoms with Gasteiger partial charge in [0, 0.05) is 12.6 Å². The van der Waals surface area contributed by atoms with Crippen LogP contribution in [0.1, 0.15) is 25.7 Å². The zero-order valence-corrected chi connectivity index (χ0v) is 8.99. The fourth-order valence-corrected chi connectivity index (χ4v) is 2.18. The molecule has 1 rings (SSSR count). The number of hydrogen-bond donors (Lipinski definition) is 2. The third kappa shape index (κ3) is 3.96. The molecule has 0 saturated heterocycles. The second-order valence-corrected chi connectivity index (χ2v) is 4.43. The van der Waals surface area contributed by atoms with E-state index in [-0.39, 0.29) is 6.04 Å². The Bertz CT molecular complexity index is 187. The van der Waals surface area contributed by atoms with Crippen molar-refractivity contribution >= 4 is 6.09 Å². The number of carbonyl (C=O) groups is 1. The maximum atomic E-state index is 10.4. The number of hydrogen-bond acceptors (Lipinski definition) is 2. The summed E-state index contributed by atoms with van der Waals surface area (Å²) in [4.78, 5) is 12.6. The van der Waals surface area contributed by atoms with Crippen LogP contribution in [0, 0.1) is 5.92 Å². The van der Waals surface area contributed by atoms with E-state index in [2.05, 4.69) is 24.3 Å². The molecular formula is C10H20N2O2. The number of carboxylic acid groups (broad SMARTS) is 1. The van der Waals surface area contributed by atoms with Gasteiger partial charge in [0.25, 0.3) is 0 Å². The van der Waals surface area contributed by atoms with E-state index in [1.54, 1.807) is 0 Å². The lowest BCUT2D eigenvalue weighted by Gasteiger charge is -2.29. The highest BCUT2D eigenvalue weighted by atomic mass is 16.4. The van der Waals surface area contributed by atoms with E-state index < -0.39 is 6.09 Å². The van der Waals surface area contributed by atoms with Crippen LogP contribution in [0.15, 0.2) is 0 Å². The summed E-state index contributed by atoms with van der Waals surface area (Å²) in [6, 6.07) is 0.186. The van der Waals surface area contributed by atoms with Crippen molar-refractivity contribution in [3.05, 3.63) is 0 Å². The van der Waals surface area contributed by atoms with Crippen molar-refractivity contribution in [3.8, 4) is 0 Å². The van der Waals surface area contributed by atoms with Crippen LogP contribution in [-0.4, -0.2) is 42.8 Å². The summed E-state index contributed by atoms with van der Waals surface area (Å²) in [5.74, 6) is 0.747. The van der Waals surface area contributed by atoms with Crippen molar-refractivity contribution in [1.29, 1.82) is 0 Å². The molecule has 4 nitrogen and oxygen atoms in total. The highest BCUT2D eigenvalue weighted by Crippen LogP contribution is 2.24. The Balaban J connectivity index is 2.21. The quantitative estimate of drug-likeness (QED) is 0.723. The van der Waals surface area contributed by atoms with Crippen molar-refractivity contribution in [1.82, 2.24) is 10.2 Å². The van der Waals surface area contributed by atoms with Gasteiger partial charge in [-0.2, -0.15) is 0 Å². The highest BCUT2D eigenvalue weighted by Gasteiger charge is 2.22. The van der Waals surface area contributed by atoms with Crippen LogP contribution in [0.4, 0.5) is 4.79 Å². The maximum absolute atomic E-state index is 10.4. The van der Waals surface area contributed by atoms with E-state index in [0.29, 0.717) is 0 Å². The van der Waals surface area contributed by atoms with Crippen molar-refractivity contribution in [2.24, 2.45) is 5.92 Å². The first kappa shape index (κ1) is 11.3. The van der Waals surface area contributed by atoms with Crippen LogP contribution in [-0.2, 0) is 0 Å². The van der Waals surface area contributed by atoms with Crippen LogP contribution < -0.4 is 5.32 Å². The van der Waals surface area contributed by atoms with Crippen molar-refractivity contribution in [3.63, 3.8) is 0 Å². The lowest BCUT2D eigenvalue weighted by atomic mass is 9.86. The van der Waals surface area contributed by atoms with Gasteiger partial charge in [-0.05, 0) is 45.7 Å². The van der Waals surface area contributed by atoms with E-state index in [0.717, 1.165) is 38.1 Å². The Morgan fingerprint density at radius 2 is 1.93 bits per heavy atom. The van der Waals surface area contributed by atoms with Gasteiger partial charge in [-0.25, -0.2) is 4.79 Å². The molecule has 0 aromatic rings. The van der Waals surface area contributed by atoms with Crippen LogP contribution in [0.5, 0.6) is 0 Å². The van der Waals surface area contributed by atoms with Gasteiger partial charge in [0.2, 0.25) is 0 Å². The van der Waals surface area contributed by atoms with E-state index in [1.807, 2.05) is 0 Å². The SMILES string of the molecule is CN(C)C[C@H]1CC[C@H](NC(=O)O)CC1. The highest BCUT2D eigenvalue weighted by molar-refractivity contribution is 5.64. The van der Waals surface area contributed by atoms with Gasteiger partial charge in [0.15, 0.2) is 0 Å². The monoisotopic (exact) mass is 200 g/mol. The Morgan fingerprint density at radius 1 is 1.36 bits per heavy atom. The van der Waals surface area contributed by atoms with E-state index in [4.69, 9.17) is 5.11 Å². The van der Waals surface area contributed by atoms with Crippen LogP contribution >= 0.6 is 0 Å². The smallest absolute Gasteiger partial charge is 0.404 e. The lowest BCUT2D eigenvalue weighted by molar-refractivity contribution is 0.178. The molecule has 0 atom stereocenters. The number of nitrogens with one attached hydrogen (secondary N) is 1. The molecule has 1 aliphatic rings. The summed E-state index contributed by atoms with van der Waals surface area (Å²) < 4.78 is 0. The van der Waals surface area contributed by atoms with Gasteiger partial charge in [0.1, 0.15) is 0 Å². The number of nitrogens with zero attached hydrogens (tertiary/aromatic N) is 1. The minimum absolute atomic E-state index is 0.186. The fourth-order valence-electron chi connectivity index (χ4n) is 2.18. The molecule has 14 heavy (non-hydrogen) atoms. The summed E-state index contributed by atoms with van der Waals surface area (Å²) in [6.07, 6.45) is 3.38. The molecule has 0 aromatic carbocycles. The molecule has 1 fully saturated rings. The Hall–Kier alpha value is -0.770. The second kappa shape index (κ2) is 5.20. The zero-order valence-electron chi connectivity index (χ0n) is 8.99. The zero-order chi connectivity index (χ0) is 10.6. The van der Waals surface area contributed by atoms with Gasteiger partial charge in [-0.3, -0.25) is 0 Å². The first-order valence-corrected chi connectivity index (χ1v) is 5.22. The summed E-state index contributed by atoms with van der Waals surface area (Å²) in [6.45, 7) is 1.12. The molecule has 1 amide bonds. The third-order valence-corrected chi connectivity index (χ3v) is 2.80. The summed E-state index contributed by atoms with van der Waals surface area (Å²) in [5, 5.41) is 11.1. The van der Waals surface area contributed by atoms with E-state index in [9.17, 15) is 4.79 Å². The standard InChI is InChI=1S/C10H20N2O2/c1-12(2)7-8-3-5-9(6-4-8)11-10(13)14/h8-9,11H,3-7H2,1-2H3,(H,13,14)/t8-,9-. The minimum atomic E-state index is -0.888. The molecule has 0 spiro atoms. The Morgan fingerprint density at radius 3 is 2.36 bits per heavy atom. The topological polar surface area (TPSA) is 52.6 Å². The molecule has 0 radical (unpaired) electrons. The molecule has 0 aliphatic heterocycles. The number of rotatable bonds is 3. The van der Waals surface area contributed by atoms with E-state index >= 15 is 0 Å². The predicted octanol–water partition coefficient (Wildman–Crippen LogP) is 1.37. The van der Waals surface area contributed by atoms with Crippen LogP contribution in [0.25, 0.3) is 0 Å². The van der Waals surface area contributed by atoms with Crippen molar-refractivity contribution in [2.45, 2.75) is 31.7 Å². The Kier molecular flexibility index (Phi) is 4.20. The summed E-state index contributed by atoms with van der Waals surface area (Å²) >= 11 is 0. The average Bonchev–Trinajstić information content (AvgIpc) is 2.06. The molecule has 0 bridgehead atoms. The molecule has 0 aromatic heterocycles. The van der Waals surface area contributed by atoms with E-state index in [1.165, 1.54) is 0 Å². The van der Waals surface area contributed by atoms with Crippen LogP contribution in [0.3, 0.4) is 0 Å². The Labute approximate surface area is 85.3 Å². The van der Waals surface area contributed by atoms with Gasteiger partial charge in [-0.1, -0.05) is 0 Å². The maximum Gasteiger partial charge on any atom is 0.404 e. The van der Waals surface area contributed by atoms with Gasteiger partial charge in [0.05, 0.1) is 0 Å². The summed E-state index contributed by atoms with van der Waals surface area (Å²) in [5.41, 5.74) is 0. The summed E-state index contributed by atoms with van der Waals surface area (Å²) in [7, 11) is 4.17. The van der Waals surface area contributed by atoms with Crippen LogP contribution in [0.2, 0.25) is 0 Å². The largest absolute Gasteiger partial charge is 0.465 e. The molecule has 82 valence electrons. The molecule has 1 aliphatic carbocycles. The molecule has 1 saturated carbocycles. The predicted molar refractivity (Wildman–Crippen MR) is 55.5 cm³/mol. The fraction of sp³-hybridized carbons (Fsp3) is 0.900. The molecular weight excluding hydrogens is 180 g/mol. The third-order valence-electron chi connectivity index (χ3n) is 2.80. The molecule has 0 heterocycles. The minimum Gasteiger partial charge on any atom is -0.465 e. The number of amides is 1. The first-order valence-electron chi connectivity index (χ1n) is 5.22. The van der Waals surface area contributed by atoms with Gasteiger partial charge >= 0.3 is 6.09 Å². The van der Waals surface area contributed by atoms with Gasteiger partial charge < -0.3 is 15.3 Å². The van der Waals surface area contributed by atoms with Crippen molar-refractivity contribution in [2.75, 3.05) is 20.6 Å². The first-order chi connectivity index (χ1) is 6.58. The average molecular weight is 200 g/mol. The molecule has 4 heteroatoms. The normalized spacial score (nSPS) is 27.6. The van der Waals surface area contributed by atoms with Crippen molar-refractivity contribution < 1.29 is 9.90 Å². The molecule has 2 N–H and O–H groups in total.